The summed E-state index contributed by atoms with van der Waals surface area (Å²) in [6.45, 7) is 3.74. The fraction of sp³-hybridized carbons (Fsp3) is 0.391. The monoisotopic (exact) mass is 562 g/mol. The predicted molar refractivity (Wildman–Crippen MR) is 133 cm³/mol. The van der Waals surface area contributed by atoms with Gasteiger partial charge in [-0.25, -0.2) is 0 Å². The number of alkyl halides is 3. The first-order chi connectivity index (χ1) is 14.7. The van der Waals surface area contributed by atoms with Crippen LogP contribution in [-0.2, 0) is 19.0 Å². The highest BCUT2D eigenvalue weighted by molar-refractivity contribution is 14.0. The molecule has 2 aromatic carbocycles. The Balaban J connectivity index is 0.00000512. The van der Waals surface area contributed by atoms with Crippen LogP contribution in [0.1, 0.15) is 34.0 Å². The lowest BCUT2D eigenvalue weighted by Gasteiger charge is -2.13. The minimum atomic E-state index is -4.32. The van der Waals surface area contributed by atoms with Crippen molar-refractivity contribution >= 4 is 35.8 Å². The normalized spacial score (nSPS) is 11.5. The zero-order valence-electron chi connectivity index (χ0n) is 18.5. The zero-order valence-corrected chi connectivity index (χ0v) is 20.8. The third-order valence-electron chi connectivity index (χ3n) is 4.58. The molecule has 0 heterocycles. The fourth-order valence-corrected chi connectivity index (χ4v) is 2.94. The molecule has 2 rings (SSSR count). The Morgan fingerprint density at radius 1 is 1.00 bits per heavy atom. The summed E-state index contributed by atoms with van der Waals surface area (Å²) in [5.41, 5.74) is 1.85. The van der Waals surface area contributed by atoms with Crippen molar-refractivity contribution in [3.8, 4) is 0 Å². The Hall–Kier alpha value is -2.30. The van der Waals surface area contributed by atoms with Crippen molar-refractivity contribution in [3.63, 3.8) is 0 Å². The summed E-state index contributed by atoms with van der Waals surface area (Å²) in [7, 11) is 3.45. The van der Waals surface area contributed by atoms with E-state index in [0.29, 0.717) is 37.6 Å². The third-order valence-corrected chi connectivity index (χ3v) is 4.58. The molecule has 1 amide bonds. The molecule has 0 saturated heterocycles. The molecule has 0 aromatic heterocycles. The first-order valence-electron chi connectivity index (χ1n) is 10.2. The Labute approximate surface area is 204 Å². The van der Waals surface area contributed by atoms with Crippen LogP contribution in [0.3, 0.4) is 0 Å². The fourth-order valence-electron chi connectivity index (χ4n) is 2.94. The summed E-state index contributed by atoms with van der Waals surface area (Å²) < 4.78 is 37.9. The summed E-state index contributed by atoms with van der Waals surface area (Å²) in [5.74, 6) is 0.614. The van der Waals surface area contributed by atoms with Crippen molar-refractivity contribution in [2.45, 2.75) is 25.9 Å². The predicted octanol–water partition coefficient (Wildman–Crippen LogP) is 4.37. The summed E-state index contributed by atoms with van der Waals surface area (Å²) in [4.78, 5) is 18.1. The van der Waals surface area contributed by atoms with E-state index in [2.05, 4.69) is 15.6 Å². The van der Waals surface area contributed by atoms with Gasteiger partial charge in [0.05, 0.1) is 5.56 Å². The molecular formula is C23H30F3IN4O. The number of nitrogens with one attached hydrogen (secondary N) is 2. The molecule has 0 unspecified atom stereocenters. The maximum atomic E-state index is 12.6. The van der Waals surface area contributed by atoms with Crippen LogP contribution in [0.25, 0.3) is 0 Å². The van der Waals surface area contributed by atoms with E-state index in [-0.39, 0.29) is 29.9 Å². The molecule has 0 saturated carbocycles. The lowest BCUT2D eigenvalue weighted by Crippen LogP contribution is -2.38. The topological polar surface area (TPSA) is 56.7 Å². The van der Waals surface area contributed by atoms with E-state index in [4.69, 9.17) is 0 Å². The average molecular weight is 562 g/mol. The van der Waals surface area contributed by atoms with Gasteiger partial charge in [0.25, 0.3) is 5.91 Å². The van der Waals surface area contributed by atoms with Crippen LogP contribution >= 0.6 is 24.0 Å². The van der Waals surface area contributed by atoms with E-state index < -0.39 is 11.7 Å². The van der Waals surface area contributed by atoms with Crippen LogP contribution < -0.4 is 10.6 Å². The molecule has 0 radical (unpaired) electrons. The number of rotatable bonds is 8. The van der Waals surface area contributed by atoms with Crippen molar-refractivity contribution < 1.29 is 18.0 Å². The number of hydrogen-bond donors (Lipinski definition) is 2. The SMILES string of the molecule is CCNC(=NCCc1ccc(C(F)(F)F)cc1)NCCc1cccc(C(=O)N(C)C)c1.I. The maximum Gasteiger partial charge on any atom is 0.416 e. The first kappa shape index (κ1) is 27.7. The molecule has 2 N–H and O–H groups in total. The molecule has 0 atom stereocenters. The summed E-state index contributed by atoms with van der Waals surface area (Å²) in [6, 6.07) is 12.7. The van der Waals surface area contributed by atoms with Crippen LogP contribution in [0.4, 0.5) is 13.2 Å². The molecule has 0 aliphatic carbocycles. The number of amides is 1. The van der Waals surface area contributed by atoms with E-state index in [9.17, 15) is 18.0 Å². The second kappa shape index (κ2) is 13.3. The van der Waals surface area contributed by atoms with Crippen LogP contribution in [0.2, 0.25) is 0 Å². The van der Waals surface area contributed by atoms with Gasteiger partial charge in [0.15, 0.2) is 5.96 Å². The van der Waals surface area contributed by atoms with Crippen LogP contribution in [0, 0.1) is 0 Å². The molecule has 0 spiro atoms. The third kappa shape index (κ3) is 9.05. The van der Waals surface area contributed by atoms with Gasteiger partial charge in [0.1, 0.15) is 0 Å². The summed E-state index contributed by atoms with van der Waals surface area (Å²) >= 11 is 0. The number of benzene rings is 2. The Bertz CT molecular complexity index is 884. The highest BCUT2D eigenvalue weighted by atomic mass is 127. The second-order valence-corrected chi connectivity index (χ2v) is 7.28. The zero-order chi connectivity index (χ0) is 22.9. The molecule has 32 heavy (non-hydrogen) atoms. The number of nitrogens with zero attached hydrogens (tertiary/aromatic N) is 2. The summed E-state index contributed by atoms with van der Waals surface area (Å²) in [5, 5.41) is 6.41. The van der Waals surface area contributed by atoms with Gasteiger partial charge < -0.3 is 15.5 Å². The maximum absolute atomic E-state index is 12.6. The minimum absolute atomic E-state index is 0. The molecule has 5 nitrogen and oxygen atoms in total. The van der Waals surface area contributed by atoms with Gasteiger partial charge in [-0.05, 0) is 55.2 Å². The average Bonchev–Trinajstić information content (AvgIpc) is 2.73. The minimum Gasteiger partial charge on any atom is -0.357 e. The molecule has 9 heteroatoms. The molecule has 0 aliphatic heterocycles. The molecule has 176 valence electrons. The highest BCUT2D eigenvalue weighted by Gasteiger charge is 2.29. The lowest BCUT2D eigenvalue weighted by molar-refractivity contribution is -0.137. The van der Waals surface area contributed by atoms with E-state index >= 15 is 0 Å². The number of carbonyl (C=O) groups excluding carboxylic acids is 1. The van der Waals surface area contributed by atoms with Gasteiger partial charge in [0, 0.05) is 39.3 Å². The van der Waals surface area contributed by atoms with Gasteiger partial charge in [-0.3, -0.25) is 9.79 Å². The number of carbonyl (C=O) groups is 1. The van der Waals surface area contributed by atoms with E-state index in [1.54, 1.807) is 25.1 Å². The van der Waals surface area contributed by atoms with Crippen molar-refractivity contribution in [2.75, 3.05) is 33.7 Å². The number of halogens is 4. The van der Waals surface area contributed by atoms with E-state index in [1.165, 1.54) is 12.1 Å². The smallest absolute Gasteiger partial charge is 0.357 e. The molecule has 0 aliphatic rings. The Morgan fingerprint density at radius 2 is 1.69 bits per heavy atom. The Morgan fingerprint density at radius 3 is 2.28 bits per heavy atom. The number of guanidine groups is 1. The first-order valence-corrected chi connectivity index (χ1v) is 10.2. The standard InChI is InChI=1S/C23H29F3N4O.HI/c1-4-27-22(28-14-12-17-8-10-20(11-9-17)23(24,25)26)29-15-13-18-6-5-7-19(16-18)21(31)30(2)3;/h5-11,16H,4,12-15H2,1-3H3,(H2,27,28,29);1H. The lowest BCUT2D eigenvalue weighted by atomic mass is 10.1. The van der Waals surface area contributed by atoms with Crippen molar-refractivity contribution in [2.24, 2.45) is 4.99 Å². The number of hydrogen-bond acceptors (Lipinski definition) is 2. The van der Waals surface area contributed by atoms with Crippen molar-refractivity contribution in [1.29, 1.82) is 0 Å². The molecule has 2 aromatic rings. The van der Waals surface area contributed by atoms with Gasteiger partial charge in [-0.2, -0.15) is 13.2 Å². The number of aliphatic imine (C=N–C) groups is 1. The summed E-state index contributed by atoms with van der Waals surface area (Å²) in [6.07, 6.45) is -3.06. The van der Waals surface area contributed by atoms with Gasteiger partial charge in [-0.15, -0.1) is 24.0 Å². The molecule has 0 fully saturated rings. The van der Waals surface area contributed by atoms with E-state index in [0.717, 1.165) is 29.7 Å². The van der Waals surface area contributed by atoms with Crippen LogP contribution in [0.5, 0.6) is 0 Å². The largest absolute Gasteiger partial charge is 0.416 e. The Kier molecular flexibility index (Phi) is 11.5. The van der Waals surface area contributed by atoms with Crippen molar-refractivity contribution in [1.82, 2.24) is 15.5 Å². The quantitative estimate of drug-likeness (QED) is 0.286. The van der Waals surface area contributed by atoms with E-state index in [1.807, 2.05) is 25.1 Å². The van der Waals surface area contributed by atoms with Crippen LogP contribution in [0.15, 0.2) is 53.5 Å². The molecule has 0 bridgehead atoms. The molecular weight excluding hydrogens is 532 g/mol. The second-order valence-electron chi connectivity index (χ2n) is 7.28. The van der Waals surface area contributed by atoms with Gasteiger partial charge in [-0.1, -0.05) is 24.3 Å². The highest BCUT2D eigenvalue weighted by Crippen LogP contribution is 2.29. The van der Waals surface area contributed by atoms with Gasteiger partial charge in [0.2, 0.25) is 0 Å². The van der Waals surface area contributed by atoms with Crippen molar-refractivity contribution in [3.05, 3.63) is 70.8 Å². The van der Waals surface area contributed by atoms with Gasteiger partial charge >= 0.3 is 6.18 Å². The van der Waals surface area contributed by atoms with Crippen LogP contribution in [-0.4, -0.2) is 50.5 Å².